The summed E-state index contributed by atoms with van der Waals surface area (Å²) in [6.07, 6.45) is 1.68. The Labute approximate surface area is 264 Å². The van der Waals surface area contributed by atoms with E-state index in [2.05, 4.69) is 5.32 Å². The van der Waals surface area contributed by atoms with Crippen molar-refractivity contribution in [2.45, 2.75) is 51.1 Å². The molecule has 0 aliphatic carbocycles. The van der Waals surface area contributed by atoms with Crippen molar-refractivity contribution >= 4 is 39.1 Å². The van der Waals surface area contributed by atoms with Crippen LogP contribution >= 0.6 is 11.6 Å². The fourth-order valence-electron chi connectivity index (χ4n) is 4.46. The molecule has 1 N–H and O–H groups in total. The molecule has 238 valence electrons. The number of hydrogen-bond acceptors (Lipinski definition) is 7. The standard InChI is InChI=1S/C32H40ClN3O7S/c1-6-8-18-34-32(38)23(3)35(21-24-10-9-11-25(33)19-24)31(37)22-36(26-12-14-27(15-13-26)43-7-2)44(39,40)28-16-17-29(41-4)30(20-28)42-5/h9-17,19-20,23H,6-8,18,21-22H2,1-5H3,(H,34,38)/t23-/m1/s1. The fourth-order valence-corrected chi connectivity index (χ4v) is 6.10. The SMILES string of the molecule is CCCCNC(=O)[C@@H](C)N(Cc1cccc(Cl)c1)C(=O)CN(c1ccc(OCC)cc1)S(=O)(=O)c1ccc(OC)c(OC)c1. The molecule has 3 rings (SSSR count). The second kappa shape index (κ2) is 16.2. The fraction of sp³-hybridized carbons (Fsp3) is 0.375. The third-order valence-corrected chi connectivity index (χ3v) is 8.90. The number of methoxy groups -OCH3 is 2. The molecular weight excluding hydrogens is 606 g/mol. The first kappa shape index (κ1) is 34.5. The number of carbonyl (C=O) groups is 2. The maximum atomic E-state index is 14.2. The molecule has 2 amide bonds. The molecule has 0 aliphatic rings. The Hall–Kier alpha value is -3.96. The summed E-state index contributed by atoms with van der Waals surface area (Å²) in [7, 11) is -1.47. The lowest BCUT2D eigenvalue weighted by molar-refractivity contribution is -0.139. The van der Waals surface area contributed by atoms with Crippen molar-refractivity contribution < 1.29 is 32.2 Å². The molecule has 0 fully saturated rings. The lowest BCUT2D eigenvalue weighted by atomic mass is 10.1. The maximum absolute atomic E-state index is 14.2. The number of sulfonamides is 1. The van der Waals surface area contributed by atoms with Crippen molar-refractivity contribution in [3.8, 4) is 17.2 Å². The van der Waals surface area contributed by atoms with Crippen LogP contribution in [0.1, 0.15) is 39.2 Å². The van der Waals surface area contributed by atoms with Crippen LogP contribution in [0.15, 0.2) is 71.6 Å². The molecule has 3 aromatic rings. The van der Waals surface area contributed by atoms with Gasteiger partial charge >= 0.3 is 0 Å². The lowest BCUT2D eigenvalue weighted by Crippen LogP contribution is -2.51. The molecule has 0 aromatic heterocycles. The summed E-state index contributed by atoms with van der Waals surface area (Å²) in [4.78, 5) is 28.5. The third kappa shape index (κ3) is 8.79. The van der Waals surface area contributed by atoms with Gasteiger partial charge in [-0.15, -0.1) is 0 Å². The predicted octanol–water partition coefficient (Wildman–Crippen LogP) is 5.28. The van der Waals surface area contributed by atoms with Gasteiger partial charge in [-0.2, -0.15) is 0 Å². The maximum Gasteiger partial charge on any atom is 0.264 e. The Bertz CT molecular complexity index is 1520. The molecule has 0 saturated carbocycles. The molecule has 0 aliphatic heterocycles. The Morgan fingerprint density at radius 3 is 2.27 bits per heavy atom. The Morgan fingerprint density at radius 1 is 0.955 bits per heavy atom. The number of ether oxygens (including phenoxy) is 3. The average molecular weight is 646 g/mol. The van der Waals surface area contributed by atoms with Crippen molar-refractivity contribution in [3.05, 3.63) is 77.3 Å². The monoisotopic (exact) mass is 645 g/mol. The largest absolute Gasteiger partial charge is 0.494 e. The van der Waals surface area contributed by atoms with Crippen LogP contribution < -0.4 is 23.8 Å². The second-order valence-corrected chi connectivity index (χ2v) is 12.2. The Kier molecular flexibility index (Phi) is 12.7. The van der Waals surface area contributed by atoms with E-state index >= 15 is 0 Å². The van der Waals surface area contributed by atoms with Gasteiger partial charge in [0.25, 0.3) is 10.0 Å². The molecule has 0 saturated heterocycles. The number of amides is 2. The molecular formula is C32H40ClN3O7S. The number of benzene rings is 3. The van der Waals surface area contributed by atoms with Crippen LogP contribution in [0.2, 0.25) is 5.02 Å². The van der Waals surface area contributed by atoms with Crippen LogP contribution in [0, 0.1) is 0 Å². The summed E-state index contributed by atoms with van der Waals surface area (Å²) in [5.41, 5.74) is 0.925. The highest BCUT2D eigenvalue weighted by atomic mass is 35.5. The van der Waals surface area contributed by atoms with Gasteiger partial charge in [0, 0.05) is 24.2 Å². The van der Waals surface area contributed by atoms with Crippen LogP contribution in [0.3, 0.4) is 0 Å². The van der Waals surface area contributed by atoms with Crippen molar-refractivity contribution in [3.63, 3.8) is 0 Å². The van der Waals surface area contributed by atoms with Crippen LogP contribution in [0.25, 0.3) is 0 Å². The summed E-state index contributed by atoms with van der Waals surface area (Å²) in [6, 6.07) is 16.7. The highest BCUT2D eigenvalue weighted by Crippen LogP contribution is 2.33. The quantitative estimate of drug-likeness (QED) is 0.211. The number of halogens is 1. The molecule has 44 heavy (non-hydrogen) atoms. The molecule has 1 atom stereocenters. The molecule has 0 radical (unpaired) electrons. The molecule has 0 bridgehead atoms. The van der Waals surface area contributed by atoms with E-state index in [1.807, 2.05) is 13.8 Å². The second-order valence-electron chi connectivity index (χ2n) is 9.93. The number of nitrogens with one attached hydrogen (secondary N) is 1. The number of nitrogens with zero attached hydrogens (tertiary/aromatic N) is 2. The van der Waals surface area contributed by atoms with E-state index in [-0.39, 0.29) is 28.8 Å². The Morgan fingerprint density at radius 2 is 1.66 bits per heavy atom. The normalized spacial score (nSPS) is 11.8. The summed E-state index contributed by atoms with van der Waals surface area (Å²) in [6.45, 7) is 5.82. The minimum Gasteiger partial charge on any atom is -0.494 e. The van der Waals surface area contributed by atoms with Gasteiger partial charge in [0.15, 0.2) is 11.5 Å². The molecule has 0 spiro atoms. The van der Waals surface area contributed by atoms with Gasteiger partial charge in [-0.3, -0.25) is 13.9 Å². The molecule has 12 heteroatoms. The average Bonchev–Trinajstić information content (AvgIpc) is 3.02. The van der Waals surface area contributed by atoms with Gasteiger partial charge in [-0.1, -0.05) is 37.1 Å². The summed E-state index contributed by atoms with van der Waals surface area (Å²) < 4.78 is 45.5. The Balaban J connectivity index is 2.06. The highest BCUT2D eigenvalue weighted by molar-refractivity contribution is 7.92. The zero-order chi connectivity index (χ0) is 32.3. The van der Waals surface area contributed by atoms with Crippen LogP contribution in [0.5, 0.6) is 17.2 Å². The molecule has 0 unspecified atom stereocenters. The lowest BCUT2D eigenvalue weighted by Gasteiger charge is -2.32. The van der Waals surface area contributed by atoms with Crippen molar-refractivity contribution in [2.75, 3.05) is 38.2 Å². The van der Waals surface area contributed by atoms with E-state index in [1.54, 1.807) is 55.5 Å². The molecule has 3 aromatic carbocycles. The zero-order valence-corrected chi connectivity index (χ0v) is 27.3. The van der Waals surface area contributed by atoms with E-state index in [0.717, 1.165) is 17.1 Å². The van der Waals surface area contributed by atoms with Gasteiger partial charge in [-0.25, -0.2) is 8.42 Å². The van der Waals surface area contributed by atoms with Crippen LogP contribution in [0.4, 0.5) is 5.69 Å². The highest BCUT2D eigenvalue weighted by Gasteiger charge is 2.33. The first-order valence-corrected chi connectivity index (χ1v) is 16.2. The van der Waals surface area contributed by atoms with Crippen LogP contribution in [-0.4, -0.2) is 65.1 Å². The summed E-state index contributed by atoms with van der Waals surface area (Å²) in [5.74, 6) is 0.188. The van der Waals surface area contributed by atoms with Crippen molar-refractivity contribution in [2.24, 2.45) is 0 Å². The number of anilines is 1. The minimum atomic E-state index is -4.32. The topological polar surface area (TPSA) is 114 Å². The van der Waals surface area contributed by atoms with Gasteiger partial charge in [0.2, 0.25) is 11.8 Å². The predicted molar refractivity (Wildman–Crippen MR) is 171 cm³/mol. The van der Waals surface area contributed by atoms with E-state index in [0.29, 0.717) is 35.2 Å². The van der Waals surface area contributed by atoms with Crippen molar-refractivity contribution in [1.82, 2.24) is 10.2 Å². The van der Waals surface area contributed by atoms with E-state index < -0.39 is 28.5 Å². The summed E-state index contributed by atoms with van der Waals surface area (Å²) in [5, 5.41) is 3.34. The van der Waals surface area contributed by atoms with E-state index in [1.165, 1.54) is 37.3 Å². The number of hydrogen-bond donors (Lipinski definition) is 1. The minimum absolute atomic E-state index is 0.0370. The van der Waals surface area contributed by atoms with E-state index in [4.69, 9.17) is 25.8 Å². The number of unbranched alkanes of at least 4 members (excludes halogenated alkanes) is 1. The van der Waals surface area contributed by atoms with Gasteiger partial charge < -0.3 is 24.4 Å². The van der Waals surface area contributed by atoms with Gasteiger partial charge in [0.1, 0.15) is 18.3 Å². The summed E-state index contributed by atoms with van der Waals surface area (Å²) >= 11 is 6.21. The number of carbonyl (C=O) groups excluding carboxylic acids is 2. The van der Waals surface area contributed by atoms with Gasteiger partial charge in [0.05, 0.1) is 31.4 Å². The van der Waals surface area contributed by atoms with Crippen LogP contribution in [-0.2, 0) is 26.2 Å². The van der Waals surface area contributed by atoms with Gasteiger partial charge in [-0.05, 0) is 74.4 Å². The third-order valence-electron chi connectivity index (χ3n) is 6.90. The molecule has 0 heterocycles. The first-order chi connectivity index (χ1) is 21.0. The van der Waals surface area contributed by atoms with E-state index in [9.17, 15) is 18.0 Å². The molecule has 10 nitrogen and oxygen atoms in total. The number of rotatable bonds is 16. The zero-order valence-electron chi connectivity index (χ0n) is 25.7. The smallest absolute Gasteiger partial charge is 0.264 e. The van der Waals surface area contributed by atoms with Crippen molar-refractivity contribution in [1.29, 1.82) is 0 Å². The first-order valence-electron chi connectivity index (χ1n) is 14.3.